The first kappa shape index (κ1) is 17.6. The van der Waals surface area contributed by atoms with Crippen LogP contribution >= 0.6 is 0 Å². The number of aryl methyl sites for hydroxylation is 2. The van der Waals surface area contributed by atoms with Crippen molar-refractivity contribution >= 4 is 11.8 Å². The van der Waals surface area contributed by atoms with E-state index in [1.807, 2.05) is 6.92 Å². The number of aromatic hydroxyl groups is 1. The maximum atomic E-state index is 13.4. The number of aliphatic carboxylic acids is 1. The molecule has 1 aromatic heterocycles. The molecule has 6 heteroatoms. The highest BCUT2D eigenvalue weighted by Gasteiger charge is 2.12. The van der Waals surface area contributed by atoms with Gasteiger partial charge in [0.1, 0.15) is 17.3 Å². The standard InChI is InChI=1S/C18H18FNO4/c1-11-2-3-12(19)10-14(11)15-7-8-17(22)16(20-15)6-4-13(21)5-9-18(23)24/h2-3,7-8,10,22H,4-6,9H2,1H3,(H,23,24). The number of ketones is 1. The van der Waals surface area contributed by atoms with Crippen molar-refractivity contribution in [3.63, 3.8) is 0 Å². The minimum absolute atomic E-state index is 0.0427. The second kappa shape index (κ2) is 7.68. The van der Waals surface area contributed by atoms with Gasteiger partial charge in [-0.25, -0.2) is 9.37 Å². The van der Waals surface area contributed by atoms with Gasteiger partial charge >= 0.3 is 5.97 Å². The zero-order valence-electron chi connectivity index (χ0n) is 13.3. The lowest BCUT2D eigenvalue weighted by atomic mass is 10.0. The van der Waals surface area contributed by atoms with Gasteiger partial charge < -0.3 is 10.2 Å². The van der Waals surface area contributed by atoms with E-state index in [0.717, 1.165) is 5.56 Å². The summed E-state index contributed by atoms with van der Waals surface area (Å²) >= 11 is 0. The van der Waals surface area contributed by atoms with E-state index in [9.17, 15) is 19.1 Å². The summed E-state index contributed by atoms with van der Waals surface area (Å²) in [6, 6.07) is 7.43. The molecule has 2 rings (SSSR count). The molecule has 0 spiro atoms. The third-order valence-corrected chi connectivity index (χ3v) is 3.68. The second-order valence-electron chi connectivity index (χ2n) is 5.55. The van der Waals surface area contributed by atoms with E-state index >= 15 is 0 Å². The van der Waals surface area contributed by atoms with E-state index in [1.54, 1.807) is 12.1 Å². The lowest BCUT2D eigenvalue weighted by molar-refractivity contribution is -0.138. The number of carbonyl (C=O) groups excluding carboxylic acids is 1. The third-order valence-electron chi connectivity index (χ3n) is 3.68. The maximum Gasteiger partial charge on any atom is 0.303 e. The number of carboxylic acids is 1. The molecule has 0 atom stereocenters. The van der Waals surface area contributed by atoms with Crippen molar-refractivity contribution in [2.75, 3.05) is 0 Å². The van der Waals surface area contributed by atoms with Crippen LogP contribution in [0.5, 0.6) is 5.75 Å². The molecule has 5 nitrogen and oxygen atoms in total. The van der Waals surface area contributed by atoms with E-state index in [2.05, 4.69) is 4.98 Å². The first-order chi connectivity index (χ1) is 11.4. The Morgan fingerprint density at radius 2 is 1.88 bits per heavy atom. The van der Waals surface area contributed by atoms with Gasteiger partial charge in [-0.15, -0.1) is 0 Å². The van der Waals surface area contributed by atoms with Crippen LogP contribution in [0.1, 0.15) is 30.5 Å². The zero-order valence-corrected chi connectivity index (χ0v) is 13.3. The molecule has 0 fully saturated rings. The summed E-state index contributed by atoms with van der Waals surface area (Å²) in [6.45, 7) is 1.83. The Kier molecular flexibility index (Phi) is 5.63. The number of pyridine rings is 1. The minimum atomic E-state index is -1.02. The predicted molar refractivity (Wildman–Crippen MR) is 86.2 cm³/mol. The summed E-state index contributed by atoms with van der Waals surface area (Å²) in [7, 11) is 0. The first-order valence-electron chi connectivity index (χ1n) is 7.55. The number of halogens is 1. The molecular weight excluding hydrogens is 313 g/mol. The van der Waals surface area contributed by atoms with Crippen LogP contribution < -0.4 is 0 Å². The van der Waals surface area contributed by atoms with E-state index in [4.69, 9.17) is 5.11 Å². The monoisotopic (exact) mass is 331 g/mol. The number of carboxylic acid groups (broad SMARTS) is 1. The average Bonchev–Trinajstić information content (AvgIpc) is 2.54. The molecule has 0 aliphatic heterocycles. The summed E-state index contributed by atoms with van der Waals surface area (Å²) in [5.74, 6) is -1.64. The number of rotatable bonds is 7. The van der Waals surface area contributed by atoms with Gasteiger partial charge in [-0.3, -0.25) is 9.59 Å². The Hall–Kier alpha value is -2.76. The van der Waals surface area contributed by atoms with Gasteiger partial charge in [-0.05, 0) is 36.8 Å². The molecule has 0 saturated heterocycles. The minimum Gasteiger partial charge on any atom is -0.506 e. The number of aromatic nitrogens is 1. The molecule has 0 aliphatic carbocycles. The molecule has 0 amide bonds. The number of Topliss-reactive ketones (excluding diaryl/α,β-unsaturated/α-hetero) is 1. The average molecular weight is 331 g/mol. The quantitative estimate of drug-likeness (QED) is 0.813. The Labute approximate surface area is 138 Å². The van der Waals surface area contributed by atoms with Crippen LogP contribution in [0.4, 0.5) is 4.39 Å². The summed E-state index contributed by atoms with van der Waals surface area (Å²) < 4.78 is 13.4. The summed E-state index contributed by atoms with van der Waals surface area (Å²) in [4.78, 5) is 26.4. The van der Waals surface area contributed by atoms with Gasteiger partial charge in [0.25, 0.3) is 0 Å². The van der Waals surface area contributed by atoms with E-state index in [0.29, 0.717) is 17.0 Å². The van der Waals surface area contributed by atoms with Crippen LogP contribution in [0.25, 0.3) is 11.3 Å². The predicted octanol–water partition coefficient (Wildman–Crippen LogP) is 3.27. The Morgan fingerprint density at radius 3 is 2.58 bits per heavy atom. The molecule has 1 aromatic carbocycles. The van der Waals surface area contributed by atoms with Gasteiger partial charge in [-0.1, -0.05) is 6.07 Å². The van der Waals surface area contributed by atoms with Gasteiger partial charge in [-0.2, -0.15) is 0 Å². The SMILES string of the molecule is Cc1ccc(F)cc1-c1ccc(O)c(CCC(=O)CCC(=O)O)n1. The molecule has 24 heavy (non-hydrogen) atoms. The molecule has 0 saturated carbocycles. The Balaban J connectivity index is 2.15. The van der Waals surface area contributed by atoms with Crippen LogP contribution in [0.2, 0.25) is 0 Å². The van der Waals surface area contributed by atoms with Crippen LogP contribution in [0.15, 0.2) is 30.3 Å². The largest absolute Gasteiger partial charge is 0.506 e. The number of hydrogen-bond acceptors (Lipinski definition) is 4. The fraction of sp³-hybridized carbons (Fsp3) is 0.278. The van der Waals surface area contributed by atoms with Crippen molar-refractivity contribution in [3.8, 4) is 17.0 Å². The first-order valence-corrected chi connectivity index (χ1v) is 7.55. The zero-order chi connectivity index (χ0) is 17.7. The number of carbonyl (C=O) groups is 2. The Morgan fingerprint density at radius 1 is 1.12 bits per heavy atom. The molecule has 126 valence electrons. The van der Waals surface area contributed by atoms with Crippen molar-refractivity contribution in [2.45, 2.75) is 32.6 Å². The molecule has 0 unspecified atom stereocenters. The van der Waals surface area contributed by atoms with Gasteiger partial charge in [0.15, 0.2) is 0 Å². The summed E-state index contributed by atoms with van der Waals surface area (Å²) in [5, 5.41) is 18.5. The topological polar surface area (TPSA) is 87.5 Å². The van der Waals surface area contributed by atoms with Gasteiger partial charge in [0.2, 0.25) is 0 Å². The van der Waals surface area contributed by atoms with E-state index < -0.39 is 5.97 Å². The van der Waals surface area contributed by atoms with Crippen LogP contribution in [-0.4, -0.2) is 26.9 Å². The fourth-order valence-corrected chi connectivity index (χ4v) is 2.33. The molecule has 2 N–H and O–H groups in total. The highest BCUT2D eigenvalue weighted by Crippen LogP contribution is 2.26. The molecule has 0 bridgehead atoms. The van der Waals surface area contributed by atoms with Crippen LogP contribution in [-0.2, 0) is 16.0 Å². The lowest BCUT2D eigenvalue weighted by Crippen LogP contribution is -2.05. The van der Waals surface area contributed by atoms with Crippen LogP contribution in [0, 0.1) is 12.7 Å². The van der Waals surface area contributed by atoms with Crippen molar-refractivity contribution in [1.29, 1.82) is 0 Å². The van der Waals surface area contributed by atoms with Crippen molar-refractivity contribution in [3.05, 3.63) is 47.4 Å². The number of hydrogen-bond donors (Lipinski definition) is 2. The number of benzene rings is 1. The molecule has 0 aliphatic rings. The molecule has 0 radical (unpaired) electrons. The molecular formula is C18H18FNO4. The summed E-state index contributed by atoms with van der Waals surface area (Å²) in [6.07, 6.45) is 0.0471. The summed E-state index contributed by atoms with van der Waals surface area (Å²) in [5.41, 5.74) is 2.31. The lowest BCUT2D eigenvalue weighted by Gasteiger charge is -2.09. The fourth-order valence-electron chi connectivity index (χ4n) is 2.33. The highest BCUT2D eigenvalue weighted by molar-refractivity contribution is 5.82. The molecule has 2 aromatic rings. The van der Waals surface area contributed by atoms with Gasteiger partial charge in [0, 0.05) is 24.8 Å². The third kappa shape index (κ3) is 4.62. The van der Waals surface area contributed by atoms with E-state index in [-0.39, 0.29) is 43.0 Å². The second-order valence-corrected chi connectivity index (χ2v) is 5.55. The normalized spacial score (nSPS) is 10.6. The number of nitrogens with zero attached hydrogens (tertiary/aromatic N) is 1. The smallest absolute Gasteiger partial charge is 0.303 e. The van der Waals surface area contributed by atoms with Crippen molar-refractivity contribution < 1.29 is 24.2 Å². The Bertz CT molecular complexity index is 774. The highest BCUT2D eigenvalue weighted by atomic mass is 19.1. The van der Waals surface area contributed by atoms with Gasteiger partial charge in [0.05, 0.1) is 17.8 Å². The van der Waals surface area contributed by atoms with Crippen molar-refractivity contribution in [2.24, 2.45) is 0 Å². The van der Waals surface area contributed by atoms with Crippen LogP contribution in [0.3, 0.4) is 0 Å². The van der Waals surface area contributed by atoms with E-state index in [1.165, 1.54) is 18.2 Å². The maximum absolute atomic E-state index is 13.4. The molecule has 1 heterocycles. The van der Waals surface area contributed by atoms with Crippen molar-refractivity contribution in [1.82, 2.24) is 4.98 Å².